The van der Waals surface area contributed by atoms with E-state index < -0.39 is 0 Å². The standard InChI is InChI=1S/C24H25IN8O/c1-30-7-9-31(10-8-30)20-13-26-24(27-14-20)19-4-2-3-18(11-19)12-22-23(34)5-6-33(29-22)21-15-28-32(16-21)17-25/h2-6,11,13-16H,7-10,12,17H2,1H3. The molecule has 0 N–H and O–H groups in total. The number of alkyl halides is 1. The molecule has 1 aliphatic heterocycles. The van der Waals surface area contributed by atoms with E-state index in [-0.39, 0.29) is 5.43 Å². The van der Waals surface area contributed by atoms with Crippen molar-refractivity contribution < 1.29 is 0 Å². The second kappa shape index (κ2) is 10.0. The summed E-state index contributed by atoms with van der Waals surface area (Å²) in [6.45, 7) is 4.05. The lowest BCUT2D eigenvalue weighted by molar-refractivity contribution is 0.312. The van der Waals surface area contributed by atoms with E-state index >= 15 is 0 Å². The molecule has 4 aromatic rings. The van der Waals surface area contributed by atoms with E-state index in [2.05, 4.69) is 59.6 Å². The topological polar surface area (TPSA) is 85.0 Å². The molecule has 1 fully saturated rings. The summed E-state index contributed by atoms with van der Waals surface area (Å²) < 4.78 is 4.25. The third kappa shape index (κ3) is 5.02. The molecule has 9 nitrogen and oxygen atoms in total. The molecule has 174 valence electrons. The molecule has 0 radical (unpaired) electrons. The van der Waals surface area contributed by atoms with Gasteiger partial charge in [-0.05, 0) is 18.7 Å². The van der Waals surface area contributed by atoms with Crippen LogP contribution in [0.25, 0.3) is 17.1 Å². The van der Waals surface area contributed by atoms with Gasteiger partial charge in [0.1, 0.15) is 11.4 Å². The van der Waals surface area contributed by atoms with Gasteiger partial charge in [0.2, 0.25) is 5.43 Å². The summed E-state index contributed by atoms with van der Waals surface area (Å²) in [6, 6.07) is 9.53. The number of nitrogens with zero attached hydrogens (tertiary/aromatic N) is 8. The van der Waals surface area contributed by atoms with Crippen molar-refractivity contribution in [1.29, 1.82) is 0 Å². The fourth-order valence-electron chi connectivity index (χ4n) is 3.96. The number of halogens is 1. The Balaban J connectivity index is 1.34. The molecule has 5 rings (SSSR count). The maximum Gasteiger partial charge on any atom is 0.203 e. The van der Waals surface area contributed by atoms with Gasteiger partial charge in [-0.1, -0.05) is 40.8 Å². The SMILES string of the molecule is CN1CCN(c2cnc(-c3cccc(Cc4nn(-c5cnn(CI)c5)ccc4=O)c3)nc2)CC1. The Hall–Kier alpha value is -3.12. The molecule has 0 saturated carbocycles. The summed E-state index contributed by atoms with van der Waals surface area (Å²) in [5, 5.41) is 8.85. The highest BCUT2D eigenvalue weighted by Gasteiger charge is 2.15. The summed E-state index contributed by atoms with van der Waals surface area (Å²) in [7, 11) is 2.14. The average Bonchev–Trinajstić information content (AvgIpc) is 3.36. The summed E-state index contributed by atoms with van der Waals surface area (Å²) in [6.07, 6.45) is 9.53. The van der Waals surface area contributed by atoms with Crippen LogP contribution in [-0.2, 0) is 11.0 Å². The van der Waals surface area contributed by atoms with Crippen molar-refractivity contribution in [2.45, 2.75) is 11.0 Å². The van der Waals surface area contributed by atoms with Crippen LogP contribution in [0.15, 0.2) is 66.1 Å². The highest BCUT2D eigenvalue weighted by atomic mass is 127. The van der Waals surface area contributed by atoms with Gasteiger partial charge in [0.05, 0.1) is 35.0 Å². The number of benzene rings is 1. The van der Waals surface area contributed by atoms with Crippen LogP contribution in [0, 0.1) is 0 Å². The molecule has 3 aromatic heterocycles. The maximum absolute atomic E-state index is 12.5. The first-order chi connectivity index (χ1) is 16.6. The normalized spacial score (nSPS) is 14.5. The lowest BCUT2D eigenvalue weighted by atomic mass is 10.1. The van der Waals surface area contributed by atoms with Crippen molar-refractivity contribution in [2.24, 2.45) is 0 Å². The quantitative estimate of drug-likeness (QED) is 0.261. The van der Waals surface area contributed by atoms with E-state index in [1.807, 2.05) is 47.5 Å². The van der Waals surface area contributed by atoms with Gasteiger partial charge < -0.3 is 9.80 Å². The number of hydrogen-bond donors (Lipinski definition) is 0. The van der Waals surface area contributed by atoms with Crippen molar-refractivity contribution in [2.75, 3.05) is 38.1 Å². The van der Waals surface area contributed by atoms with Gasteiger partial charge in [-0.25, -0.2) is 14.6 Å². The van der Waals surface area contributed by atoms with Crippen molar-refractivity contribution in [3.8, 4) is 17.1 Å². The molecule has 10 heteroatoms. The first-order valence-electron chi connectivity index (χ1n) is 11.1. The molecule has 34 heavy (non-hydrogen) atoms. The predicted octanol–water partition coefficient (Wildman–Crippen LogP) is 2.62. The Morgan fingerprint density at radius 1 is 1.00 bits per heavy atom. The third-order valence-corrected chi connectivity index (χ3v) is 6.65. The molecule has 0 aliphatic carbocycles. The molecule has 0 unspecified atom stereocenters. The van der Waals surface area contributed by atoms with E-state index in [0.717, 1.165) is 53.2 Å². The van der Waals surface area contributed by atoms with Crippen LogP contribution >= 0.6 is 22.6 Å². The lowest BCUT2D eigenvalue weighted by Gasteiger charge is -2.33. The highest BCUT2D eigenvalue weighted by Crippen LogP contribution is 2.20. The van der Waals surface area contributed by atoms with Gasteiger partial charge >= 0.3 is 0 Å². The molecule has 1 saturated heterocycles. The van der Waals surface area contributed by atoms with Gasteiger partial charge in [0.25, 0.3) is 0 Å². The molecule has 4 heterocycles. The molecule has 0 bridgehead atoms. The predicted molar refractivity (Wildman–Crippen MR) is 140 cm³/mol. The van der Waals surface area contributed by atoms with E-state index in [1.165, 1.54) is 0 Å². The minimum Gasteiger partial charge on any atom is -0.366 e. The molecular weight excluding hydrogens is 543 g/mol. The summed E-state index contributed by atoms with van der Waals surface area (Å²) in [5.41, 5.74) is 4.16. The third-order valence-electron chi connectivity index (χ3n) is 5.95. The van der Waals surface area contributed by atoms with Crippen molar-refractivity contribution in [3.63, 3.8) is 0 Å². The smallest absolute Gasteiger partial charge is 0.203 e. The fourth-order valence-corrected chi connectivity index (χ4v) is 4.33. The lowest BCUT2D eigenvalue weighted by Crippen LogP contribution is -2.44. The summed E-state index contributed by atoms with van der Waals surface area (Å²) in [4.78, 5) is 26.4. The van der Waals surface area contributed by atoms with Gasteiger partial charge in [0.15, 0.2) is 5.82 Å². The van der Waals surface area contributed by atoms with E-state index in [0.29, 0.717) is 17.9 Å². The van der Waals surface area contributed by atoms with Gasteiger partial charge in [-0.2, -0.15) is 10.2 Å². The minimum atomic E-state index is -0.0873. The number of aromatic nitrogens is 6. The molecular formula is C24H25IN8O. The van der Waals surface area contributed by atoms with Crippen LogP contribution in [0.2, 0.25) is 0 Å². The Bertz CT molecular complexity index is 1330. The number of likely N-dealkylation sites (N-methyl/N-ethyl adjacent to an activating group) is 1. The molecule has 1 aliphatic rings. The second-order valence-electron chi connectivity index (χ2n) is 8.36. The Morgan fingerprint density at radius 3 is 2.53 bits per heavy atom. The maximum atomic E-state index is 12.5. The Kier molecular flexibility index (Phi) is 6.68. The Morgan fingerprint density at radius 2 is 1.79 bits per heavy atom. The van der Waals surface area contributed by atoms with Crippen LogP contribution in [0.3, 0.4) is 0 Å². The number of hydrogen-bond acceptors (Lipinski definition) is 7. The summed E-state index contributed by atoms with van der Waals surface area (Å²) >= 11 is 2.24. The number of piperazine rings is 1. The van der Waals surface area contributed by atoms with Crippen LogP contribution < -0.4 is 10.3 Å². The van der Waals surface area contributed by atoms with E-state index in [4.69, 9.17) is 0 Å². The van der Waals surface area contributed by atoms with Crippen LogP contribution in [0.5, 0.6) is 0 Å². The van der Waals surface area contributed by atoms with Gasteiger partial charge in [-0.15, -0.1) is 0 Å². The van der Waals surface area contributed by atoms with Crippen molar-refractivity contribution in [1.82, 2.24) is 34.4 Å². The molecule has 1 aromatic carbocycles. The largest absolute Gasteiger partial charge is 0.366 e. The van der Waals surface area contributed by atoms with Gasteiger partial charge in [0, 0.05) is 50.4 Å². The molecule has 0 amide bonds. The molecule has 0 atom stereocenters. The van der Waals surface area contributed by atoms with E-state index in [1.54, 1.807) is 23.1 Å². The molecule has 0 spiro atoms. The zero-order valence-electron chi connectivity index (χ0n) is 18.9. The van der Waals surface area contributed by atoms with Crippen molar-refractivity contribution in [3.05, 3.63) is 82.8 Å². The number of rotatable bonds is 6. The number of anilines is 1. The monoisotopic (exact) mass is 568 g/mol. The first-order valence-corrected chi connectivity index (χ1v) is 12.6. The fraction of sp³-hybridized carbons (Fsp3) is 0.292. The average molecular weight is 568 g/mol. The van der Waals surface area contributed by atoms with Crippen LogP contribution in [0.1, 0.15) is 11.3 Å². The first kappa shape index (κ1) is 22.7. The second-order valence-corrected chi connectivity index (χ2v) is 9.04. The van der Waals surface area contributed by atoms with Gasteiger partial charge in [-0.3, -0.25) is 9.48 Å². The zero-order chi connectivity index (χ0) is 23.5. The van der Waals surface area contributed by atoms with Crippen LogP contribution in [-0.4, -0.2) is 67.7 Å². The van der Waals surface area contributed by atoms with E-state index in [9.17, 15) is 4.79 Å². The Labute approximate surface area is 211 Å². The highest BCUT2D eigenvalue weighted by molar-refractivity contribution is 14.1. The minimum absolute atomic E-state index is 0.0873. The zero-order valence-corrected chi connectivity index (χ0v) is 21.0. The van der Waals surface area contributed by atoms with Crippen molar-refractivity contribution >= 4 is 28.3 Å². The summed E-state index contributed by atoms with van der Waals surface area (Å²) in [5.74, 6) is 0.671. The van der Waals surface area contributed by atoms with Crippen LogP contribution in [0.4, 0.5) is 5.69 Å².